The molecule has 0 aliphatic rings. The lowest BCUT2D eigenvalue weighted by molar-refractivity contribution is 0.0524. The van der Waals surface area contributed by atoms with Gasteiger partial charge >= 0.3 is 5.97 Å². The Bertz CT molecular complexity index is 254. The van der Waals surface area contributed by atoms with Crippen LogP contribution in [0.1, 0.15) is 23.0 Å². The number of hydrogen-bond donors (Lipinski definition) is 0. The zero-order valence-electron chi connectivity index (χ0n) is 6.46. The van der Waals surface area contributed by atoms with Crippen LogP contribution in [0, 0.1) is 6.92 Å². The molecule has 0 radical (unpaired) electrons. The molecule has 0 amide bonds. The molecule has 0 aliphatic carbocycles. The molecule has 1 rings (SSSR count). The smallest absolute Gasteiger partial charge is 0.343 e. The summed E-state index contributed by atoms with van der Waals surface area (Å²) >= 11 is 0. The Balaban J connectivity index is 2.76. The van der Waals surface area contributed by atoms with Gasteiger partial charge in [0.25, 0.3) is 0 Å². The molecule has 0 fully saturated rings. The van der Waals surface area contributed by atoms with E-state index < -0.39 is 0 Å². The van der Waals surface area contributed by atoms with Gasteiger partial charge in [-0.15, -0.1) is 0 Å². The quantitative estimate of drug-likeness (QED) is 0.601. The first-order chi connectivity index (χ1) is 5.25. The summed E-state index contributed by atoms with van der Waals surface area (Å²) in [5.41, 5.74) is 0.395. The molecule has 0 atom stereocenters. The predicted octanol–water partition coefficient (Wildman–Crippen LogP) is 1.16. The van der Waals surface area contributed by atoms with Gasteiger partial charge in [-0.25, -0.2) is 4.79 Å². The maximum Gasteiger partial charge on any atom is 0.343 e. The average Bonchev–Trinajstić information content (AvgIpc) is 2.36. The number of carbonyl (C=O) groups excluding carboxylic acids is 1. The highest BCUT2D eigenvalue weighted by Gasteiger charge is 2.12. The molecular weight excluding hydrogens is 146 g/mol. The van der Waals surface area contributed by atoms with E-state index in [1.807, 2.05) is 0 Å². The fourth-order valence-electron chi connectivity index (χ4n) is 0.703. The van der Waals surface area contributed by atoms with Crippen molar-refractivity contribution in [2.24, 2.45) is 0 Å². The van der Waals surface area contributed by atoms with Gasteiger partial charge in [0.2, 0.25) is 0 Å². The average molecular weight is 155 g/mol. The van der Waals surface area contributed by atoms with E-state index >= 15 is 0 Å². The minimum absolute atomic E-state index is 0.365. The second-order valence-electron chi connectivity index (χ2n) is 2.02. The lowest BCUT2D eigenvalue weighted by atomic mass is 10.3. The highest BCUT2D eigenvalue weighted by molar-refractivity contribution is 5.89. The van der Waals surface area contributed by atoms with Crippen LogP contribution >= 0.6 is 0 Å². The molecule has 0 aromatic carbocycles. The highest BCUT2D eigenvalue weighted by Crippen LogP contribution is 2.06. The molecule has 0 N–H and O–H groups in total. The van der Waals surface area contributed by atoms with Crippen molar-refractivity contribution >= 4 is 5.97 Å². The molecule has 0 unspecified atom stereocenters. The van der Waals surface area contributed by atoms with Crippen LogP contribution in [-0.2, 0) is 4.74 Å². The van der Waals surface area contributed by atoms with Crippen molar-refractivity contribution in [2.75, 3.05) is 6.61 Å². The molecule has 4 nitrogen and oxygen atoms in total. The number of nitrogens with zero attached hydrogens (tertiary/aromatic N) is 1. The van der Waals surface area contributed by atoms with Gasteiger partial charge in [-0.1, -0.05) is 5.16 Å². The van der Waals surface area contributed by atoms with Crippen LogP contribution in [0.2, 0.25) is 0 Å². The number of ether oxygens (including phenoxy) is 1. The lowest BCUT2D eigenvalue weighted by Crippen LogP contribution is -2.04. The molecule has 0 saturated heterocycles. The maximum absolute atomic E-state index is 11.0. The fraction of sp³-hybridized carbons (Fsp3) is 0.429. The summed E-state index contributed by atoms with van der Waals surface area (Å²) in [7, 11) is 0. The summed E-state index contributed by atoms with van der Waals surface area (Å²) in [4.78, 5) is 11.0. The van der Waals surface area contributed by atoms with Gasteiger partial charge in [-0.3, -0.25) is 0 Å². The Morgan fingerprint density at radius 1 is 1.82 bits per heavy atom. The van der Waals surface area contributed by atoms with Crippen molar-refractivity contribution in [2.45, 2.75) is 13.8 Å². The standard InChI is InChI=1S/C7H9NO3/c1-3-10-7(9)6-4-8-11-5(6)2/h4H,3H2,1-2H3. The topological polar surface area (TPSA) is 52.3 Å². The first-order valence-corrected chi connectivity index (χ1v) is 3.34. The van der Waals surface area contributed by atoms with Gasteiger partial charge in [0.15, 0.2) is 0 Å². The van der Waals surface area contributed by atoms with Crippen LogP contribution in [0.4, 0.5) is 0 Å². The largest absolute Gasteiger partial charge is 0.462 e. The van der Waals surface area contributed by atoms with Gasteiger partial charge < -0.3 is 9.26 Å². The monoisotopic (exact) mass is 155 g/mol. The van der Waals surface area contributed by atoms with E-state index in [9.17, 15) is 4.79 Å². The normalized spacial score (nSPS) is 9.64. The van der Waals surface area contributed by atoms with E-state index in [0.717, 1.165) is 0 Å². The summed E-state index contributed by atoms with van der Waals surface area (Å²) in [5.74, 6) is 0.106. The number of hydrogen-bond acceptors (Lipinski definition) is 4. The van der Waals surface area contributed by atoms with Gasteiger partial charge in [0, 0.05) is 0 Å². The zero-order valence-corrected chi connectivity index (χ0v) is 6.46. The Hall–Kier alpha value is -1.32. The zero-order chi connectivity index (χ0) is 8.27. The van der Waals surface area contributed by atoms with Crippen LogP contribution in [0.5, 0.6) is 0 Å². The fourth-order valence-corrected chi connectivity index (χ4v) is 0.703. The molecule has 0 saturated carbocycles. The number of rotatable bonds is 2. The second kappa shape index (κ2) is 3.18. The van der Waals surface area contributed by atoms with Crippen LogP contribution in [0.15, 0.2) is 10.7 Å². The molecule has 0 spiro atoms. The molecule has 60 valence electrons. The minimum Gasteiger partial charge on any atom is -0.462 e. The Morgan fingerprint density at radius 3 is 3.00 bits per heavy atom. The van der Waals surface area contributed by atoms with Gasteiger partial charge in [-0.2, -0.15) is 0 Å². The summed E-state index contributed by atoms with van der Waals surface area (Å²) in [5, 5.41) is 3.45. The third kappa shape index (κ3) is 1.58. The van der Waals surface area contributed by atoms with E-state index in [4.69, 9.17) is 4.74 Å². The third-order valence-electron chi connectivity index (χ3n) is 1.25. The molecule has 0 aliphatic heterocycles. The van der Waals surface area contributed by atoms with E-state index in [-0.39, 0.29) is 5.97 Å². The minimum atomic E-state index is -0.383. The molecule has 1 heterocycles. The van der Waals surface area contributed by atoms with E-state index in [2.05, 4.69) is 9.68 Å². The van der Waals surface area contributed by atoms with E-state index in [1.165, 1.54) is 6.20 Å². The molecule has 1 aromatic heterocycles. The van der Waals surface area contributed by atoms with E-state index in [0.29, 0.717) is 17.9 Å². The van der Waals surface area contributed by atoms with Crippen molar-refractivity contribution in [3.8, 4) is 0 Å². The maximum atomic E-state index is 11.0. The molecule has 1 aromatic rings. The van der Waals surface area contributed by atoms with Crippen LogP contribution in [0.3, 0.4) is 0 Å². The summed E-state index contributed by atoms with van der Waals surface area (Å²) in [6.07, 6.45) is 1.35. The second-order valence-corrected chi connectivity index (χ2v) is 2.02. The lowest BCUT2D eigenvalue weighted by Gasteiger charge is -1.96. The van der Waals surface area contributed by atoms with Gasteiger partial charge in [-0.05, 0) is 13.8 Å². The van der Waals surface area contributed by atoms with Gasteiger partial charge in [0.05, 0.1) is 12.8 Å². The van der Waals surface area contributed by atoms with Crippen LogP contribution in [-0.4, -0.2) is 17.7 Å². The van der Waals surface area contributed by atoms with Crippen molar-refractivity contribution in [1.82, 2.24) is 5.16 Å². The van der Waals surface area contributed by atoms with Crippen molar-refractivity contribution in [3.05, 3.63) is 17.5 Å². The van der Waals surface area contributed by atoms with Crippen LogP contribution < -0.4 is 0 Å². The predicted molar refractivity (Wildman–Crippen MR) is 37.2 cm³/mol. The Labute approximate surface area is 64.1 Å². The van der Waals surface area contributed by atoms with Gasteiger partial charge in [0.1, 0.15) is 11.3 Å². The van der Waals surface area contributed by atoms with Crippen molar-refractivity contribution < 1.29 is 14.1 Å². The summed E-state index contributed by atoms with van der Waals surface area (Å²) in [6, 6.07) is 0. The van der Waals surface area contributed by atoms with Crippen molar-refractivity contribution in [1.29, 1.82) is 0 Å². The number of aromatic nitrogens is 1. The number of esters is 1. The van der Waals surface area contributed by atoms with Crippen LogP contribution in [0.25, 0.3) is 0 Å². The summed E-state index contributed by atoms with van der Waals surface area (Å²) < 4.78 is 9.41. The number of carbonyl (C=O) groups is 1. The Kier molecular flexibility index (Phi) is 2.25. The first kappa shape index (κ1) is 7.78. The molecular formula is C7H9NO3. The molecule has 0 bridgehead atoms. The Morgan fingerprint density at radius 2 is 2.55 bits per heavy atom. The molecule has 11 heavy (non-hydrogen) atoms. The third-order valence-corrected chi connectivity index (χ3v) is 1.25. The molecule has 4 heteroatoms. The number of aryl methyl sites for hydroxylation is 1. The van der Waals surface area contributed by atoms with Crippen molar-refractivity contribution in [3.63, 3.8) is 0 Å². The first-order valence-electron chi connectivity index (χ1n) is 3.34. The summed E-state index contributed by atoms with van der Waals surface area (Å²) in [6.45, 7) is 3.78. The highest BCUT2D eigenvalue weighted by atomic mass is 16.5. The SMILES string of the molecule is CCOC(=O)c1cnoc1C. The van der Waals surface area contributed by atoms with E-state index in [1.54, 1.807) is 13.8 Å².